The molecule has 0 saturated carbocycles. The molecule has 18 heavy (non-hydrogen) atoms. The maximum Gasteiger partial charge on any atom is 0.0422 e. The normalized spacial score (nSPS) is 21.5. The maximum atomic E-state index is 4.44. The summed E-state index contributed by atoms with van der Waals surface area (Å²) in [5, 5.41) is 3.46. The molecule has 2 nitrogen and oxygen atoms in total. The fourth-order valence-electron chi connectivity index (χ4n) is 2.68. The summed E-state index contributed by atoms with van der Waals surface area (Å²) < 4.78 is 0. The number of nitrogens with one attached hydrogen (secondary N) is 1. The third-order valence-electron chi connectivity index (χ3n) is 3.76. The summed E-state index contributed by atoms with van der Waals surface area (Å²) in [6, 6.07) is 6.63. The molecule has 2 heteroatoms. The van der Waals surface area contributed by atoms with Gasteiger partial charge in [0.25, 0.3) is 0 Å². The minimum Gasteiger partial charge on any atom is -0.313 e. The third-order valence-corrected chi connectivity index (χ3v) is 3.76. The minimum atomic E-state index is 0.456. The van der Waals surface area contributed by atoms with Crippen LogP contribution in [0, 0.1) is 0 Å². The molecule has 1 atom stereocenters. The molecule has 1 aromatic heterocycles. The van der Waals surface area contributed by atoms with E-state index >= 15 is 0 Å². The van der Waals surface area contributed by atoms with Crippen molar-refractivity contribution in [2.45, 2.75) is 51.0 Å². The topological polar surface area (TPSA) is 24.9 Å². The number of rotatable bonds is 4. The highest BCUT2D eigenvalue weighted by atomic mass is 14.9. The predicted octanol–water partition coefficient (Wildman–Crippen LogP) is 3.49. The lowest BCUT2D eigenvalue weighted by atomic mass is 9.92. The van der Waals surface area contributed by atoms with Gasteiger partial charge in [-0.15, -0.1) is 0 Å². The SMILES string of the molecule is CNC(Cc1ccccn1)/C1=C/CCCCCC1. The lowest BCUT2D eigenvalue weighted by Gasteiger charge is -2.21. The van der Waals surface area contributed by atoms with Gasteiger partial charge in [-0.1, -0.05) is 30.6 Å². The molecule has 1 aliphatic rings. The van der Waals surface area contributed by atoms with Crippen LogP contribution in [0.4, 0.5) is 0 Å². The average molecular weight is 244 g/mol. The van der Waals surface area contributed by atoms with Gasteiger partial charge in [-0.2, -0.15) is 0 Å². The van der Waals surface area contributed by atoms with Crippen molar-refractivity contribution in [2.75, 3.05) is 7.05 Å². The van der Waals surface area contributed by atoms with Gasteiger partial charge < -0.3 is 5.32 Å². The summed E-state index contributed by atoms with van der Waals surface area (Å²) in [5.41, 5.74) is 2.77. The van der Waals surface area contributed by atoms with Crippen LogP contribution in [0.25, 0.3) is 0 Å². The molecular weight excluding hydrogens is 220 g/mol. The molecule has 0 aliphatic heterocycles. The average Bonchev–Trinajstić information content (AvgIpc) is 2.37. The number of hydrogen-bond donors (Lipinski definition) is 1. The van der Waals surface area contributed by atoms with Gasteiger partial charge in [0.05, 0.1) is 0 Å². The number of aromatic nitrogens is 1. The second-order valence-corrected chi connectivity index (χ2v) is 5.10. The Hall–Kier alpha value is -1.15. The van der Waals surface area contributed by atoms with Crippen molar-refractivity contribution >= 4 is 0 Å². The molecule has 1 N–H and O–H groups in total. The van der Waals surface area contributed by atoms with E-state index in [1.54, 1.807) is 5.57 Å². The third kappa shape index (κ3) is 3.95. The molecular formula is C16H24N2. The zero-order valence-electron chi connectivity index (χ0n) is 11.4. The summed E-state index contributed by atoms with van der Waals surface area (Å²) in [7, 11) is 2.06. The Morgan fingerprint density at radius 2 is 2.11 bits per heavy atom. The smallest absolute Gasteiger partial charge is 0.0422 e. The van der Waals surface area contributed by atoms with Crippen molar-refractivity contribution in [3.63, 3.8) is 0 Å². The molecule has 0 radical (unpaired) electrons. The van der Waals surface area contributed by atoms with Crippen LogP contribution < -0.4 is 5.32 Å². The van der Waals surface area contributed by atoms with E-state index in [1.165, 1.54) is 44.2 Å². The number of likely N-dealkylation sites (N-methyl/N-ethyl adjacent to an activating group) is 1. The fourth-order valence-corrected chi connectivity index (χ4v) is 2.68. The van der Waals surface area contributed by atoms with Gasteiger partial charge >= 0.3 is 0 Å². The summed E-state index contributed by atoms with van der Waals surface area (Å²) in [5.74, 6) is 0. The second-order valence-electron chi connectivity index (χ2n) is 5.10. The van der Waals surface area contributed by atoms with E-state index in [0.29, 0.717) is 6.04 Å². The number of nitrogens with zero attached hydrogens (tertiary/aromatic N) is 1. The molecule has 2 rings (SSSR count). The Bertz CT molecular complexity index is 370. The summed E-state index contributed by atoms with van der Waals surface area (Å²) in [4.78, 5) is 4.44. The summed E-state index contributed by atoms with van der Waals surface area (Å²) >= 11 is 0. The van der Waals surface area contributed by atoms with Crippen molar-refractivity contribution in [1.29, 1.82) is 0 Å². The van der Waals surface area contributed by atoms with Crippen LogP contribution in [0.1, 0.15) is 44.2 Å². The van der Waals surface area contributed by atoms with Crippen molar-refractivity contribution in [3.8, 4) is 0 Å². The highest BCUT2D eigenvalue weighted by Gasteiger charge is 2.14. The van der Waals surface area contributed by atoms with E-state index in [1.807, 2.05) is 12.3 Å². The monoisotopic (exact) mass is 244 g/mol. The first-order valence-corrected chi connectivity index (χ1v) is 7.16. The van der Waals surface area contributed by atoms with Crippen LogP contribution in [-0.4, -0.2) is 18.1 Å². The zero-order chi connectivity index (χ0) is 12.6. The van der Waals surface area contributed by atoms with Crippen molar-refractivity contribution in [2.24, 2.45) is 0 Å². The number of hydrogen-bond acceptors (Lipinski definition) is 2. The van der Waals surface area contributed by atoms with Crippen molar-refractivity contribution in [1.82, 2.24) is 10.3 Å². The van der Waals surface area contributed by atoms with E-state index in [4.69, 9.17) is 0 Å². The fraction of sp³-hybridized carbons (Fsp3) is 0.562. The molecule has 0 fully saturated rings. The largest absolute Gasteiger partial charge is 0.313 e. The van der Waals surface area contributed by atoms with Crippen LogP contribution in [0.5, 0.6) is 0 Å². The van der Waals surface area contributed by atoms with Gasteiger partial charge in [-0.25, -0.2) is 0 Å². The van der Waals surface area contributed by atoms with Gasteiger partial charge in [0.1, 0.15) is 0 Å². The van der Waals surface area contributed by atoms with E-state index in [-0.39, 0.29) is 0 Å². The van der Waals surface area contributed by atoms with Crippen molar-refractivity contribution < 1.29 is 0 Å². The highest BCUT2D eigenvalue weighted by Crippen LogP contribution is 2.21. The molecule has 0 bridgehead atoms. The van der Waals surface area contributed by atoms with Gasteiger partial charge in [-0.3, -0.25) is 4.98 Å². The Morgan fingerprint density at radius 1 is 1.22 bits per heavy atom. The Morgan fingerprint density at radius 3 is 2.89 bits per heavy atom. The van der Waals surface area contributed by atoms with E-state index in [9.17, 15) is 0 Å². The molecule has 0 aromatic carbocycles. The highest BCUT2D eigenvalue weighted by molar-refractivity contribution is 5.16. The molecule has 1 aliphatic carbocycles. The van der Waals surface area contributed by atoms with Gasteiger partial charge in [-0.05, 0) is 44.9 Å². The van der Waals surface area contributed by atoms with E-state index < -0.39 is 0 Å². The first-order chi connectivity index (χ1) is 8.90. The predicted molar refractivity (Wildman–Crippen MR) is 76.6 cm³/mol. The molecule has 98 valence electrons. The van der Waals surface area contributed by atoms with Crippen LogP contribution >= 0.6 is 0 Å². The standard InChI is InChI=1S/C16H24N2/c1-17-16(13-15-11-7-8-12-18-15)14-9-5-3-2-4-6-10-14/h7-9,11-12,16-17H,2-6,10,13H2,1H3/b14-9+. The molecule has 0 spiro atoms. The maximum absolute atomic E-state index is 4.44. The second kappa shape index (κ2) is 7.32. The van der Waals surface area contributed by atoms with Gasteiger partial charge in [0.15, 0.2) is 0 Å². The van der Waals surface area contributed by atoms with Crippen LogP contribution in [0.15, 0.2) is 36.0 Å². The molecule has 0 amide bonds. The summed E-state index contributed by atoms with van der Waals surface area (Å²) in [6.45, 7) is 0. The molecule has 1 heterocycles. The Kier molecular flexibility index (Phi) is 5.40. The molecule has 1 aromatic rings. The Balaban J connectivity index is 2.02. The van der Waals surface area contributed by atoms with Crippen molar-refractivity contribution in [3.05, 3.63) is 41.7 Å². The summed E-state index contributed by atoms with van der Waals surface area (Å²) in [6.07, 6.45) is 13.3. The van der Waals surface area contributed by atoms with Gasteiger partial charge in [0, 0.05) is 24.4 Å². The van der Waals surface area contributed by atoms with Gasteiger partial charge in [0.2, 0.25) is 0 Å². The zero-order valence-corrected chi connectivity index (χ0v) is 11.4. The van der Waals surface area contributed by atoms with Crippen LogP contribution in [-0.2, 0) is 6.42 Å². The minimum absolute atomic E-state index is 0.456. The molecule has 1 unspecified atom stereocenters. The number of allylic oxidation sites excluding steroid dienone is 1. The first kappa shape index (κ1) is 13.3. The van der Waals surface area contributed by atoms with Crippen LogP contribution in [0.2, 0.25) is 0 Å². The molecule has 0 saturated heterocycles. The first-order valence-electron chi connectivity index (χ1n) is 7.16. The number of pyridine rings is 1. The quantitative estimate of drug-likeness (QED) is 0.820. The van der Waals surface area contributed by atoms with E-state index in [2.05, 4.69) is 35.6 Å². The Labute approximate surface area is 111 Å². The lowest BCUT2D eigenvalue weighted by Crippen LogP contribution is -2.30. The van der Waals surface area contributed by atoms with E-state index in [0.717, 1.165) is 6.42 Å². The van der Waals surface area contributed by atoms with Crippen LogP contribution in [0.3, 0.4) is 0 Å². The lowest BCUT2D eigenvalue weighted by molar-refractivity contribution is 0.554.